The van der Waals surface area contributed by atoms with Crippen molar-refractivity contribution in [2.75, 3.05) is 19.8 Å². The minimum absolute atomic E-state index is 0.155. The summed E-state index contributed by atoms with van der Waals surface area (Å²) in [6.07, 6.45) is 1.52. The van der Waals surface area contributed by atoms with Gasteiger partial charge in [0, 0.05) is 17.5 Å². The van der Waals surface area contributed by atoms with Gasteiger partial charge in [0.25, 0.3) is 0 Å². The molecule has 0 bridgehead atoms. The van der Waals surface area contributed by atoms with E-state index in [1.807, 2.05) is 54.6 Å². The summed E-state index contributed by atoms with van der Waals surface area (Å²) in [5.41, 5.74) is 1.75. The molecule has 0 aliphatic carbocycles. The van der Waals surface area contributed by atoms with Crippen molar-refractivity contribution < 1.29 is 18.6 Å². The van der Waals surface area contributed by atoms with Gasteiger partial charge in [-0.25, -0.2) is 0 Å². The van der Waals surface area contributed by atoms with Gasteiger partial charge in [0.15, 0.2) is 6.29 Å². The van der Waals surface area contributed by atoms with Gasteiger partial charge in [-0.3, -0.25) is 0 Å². The Kier molecular flexibility index (Phi) is 5.23. The van der Waals surface area contributed by atoms with E-state index < -0.39 is 0 Å². The molecular weight excluding hydrogens is 332 g/mol. The van der Waals surface area contributed by atoms with Crippen LogP contribution >= 0.6 is 0 Å². The average Bonchev–Trinajstić information content (AvgIpc) is 3.20. The lowest BCUT2D eigenvalue weighted by atomic mass is 10.2. The Hall–Kier alpha value is -2.70. The lowest BCUT2D eigenvalue weighted by molar-refractivity contribution is -0.183. The van der Waals surface area contributed by atoms with Crippen LogP contribution in [0.5, 0.6) is 5.75 Å². The SMILES string of the molecule is c1ccc(-c2nnc(-c3ccc(OCCC4OCCCO4)cc3)o2)cc1. The third kappa shape index (κ3) is 4.09. The molecule has 1 fully saturated rings. The van der Waals surface area contributed by atoms with Crippen molar-refractivity contribution >= 4 is 0 Å². The number of ether oxygens (including phenoxy) is 3. The Labute approximate surface area is 151 Å². The van der Waals surface area contributed by atoms with Gasteiger partial charge >= 0.3 is 0 Å². The molecule has 0 amide bonds. The van der Waals surface area contributed by atoms with Gasteiger partial charge in [0.2, 0.25) is 11.8 Å². The molecule has 0 radical (unpaired) electrons. The molecule has 4 rings (SSSR count). The zero-order chi connectivity index (χ0) is 17.6. The predicted molar refractivity (Wildman–Crippen MR) is 95.6 cm³/mol. The highest BCUT2D eigenvalue weighted by atomic mass is 16.7. The standard InChI is InChI=1S/C20H20N2O4/c1-2-5-15(6-3-1)19-21-22-20(26-19)16-7-9-17(10-8-16)23-14-11-18-24-12-4-13-25-18/h1-3,5-10,18H,4,11-14H2. The average molecular weight is 352 g/mol. The number of aromatic nitrogens is 2. The van der Waals surface area contributed by atoms with E-state index in [1.165, 1.54) is 0 Å². The fourth-order valence-electron chi connectivity index (χ4n) is 2.71. The van der Waals surface area contributed by atoms with Gasteiger partial charge in [-0.05, 0) is 42.8 Å². The van der Waals surface area contributed by atoms with E-state index in [0.717, 1.165) is 36.5 Å². The Morgan fingerprint density at radius 3 is 2.19 bits per heavy atom. The second-order valence-electron chi connectivity index (χ2n) is 5.96. The van der Waals surface area contributed by atoms with E-state index in [-0.39, 0.29) is 6.29 Å². The molecule has 3 aromatic rings. The molecule has 134 valence electrons. The third-order valence-electron chi connectivity index (χ3n) is 4.07. The maximum atomic E-state index is 5.76. The topological polar surface area (TPSA) is 66.6 Å². The summed E-state index contributed by atoms with van der Waals surface area (Å²) < 4.78 is 22.5. The summed E-state index contributed by atoms with van der Waals surface area (Å²) in [7, 11) is 0. The molecule has 0 N–H and O–H groups in total. The lowest BCUT2D eigenvalue weighted by Gasteiger charge is -2.23. The molecule has 2 heterocycles. The van der Waals surface area contributed by atoms with Crippen molar-refractivity contribution in [3.8, 4) is 28.7 Å². The number of hydrogen-bond donors (Lipinski definition) is 0. The van der Waals surface area contributed by atoms with E-state index in [4.69, 9.17) is 18.6 Å². The lowest BCUT2D eigenvalue weighted by Crippen LogP contribution is -2.26. The van der Waals surface area contributed by atoms with Crippen molar-refractivity contribution in [1.82, 2.24) is 10.2 Å². The van der Waals surface area contributed by atoms with Crippen LogP contribution in [0, 0.1) is 0 Å². The third-order valence-corrected chi connectivity index (χ3v) is 4.07. The Morgan fingerprint density at radius 2 is 1.50 bits per heavy atom. The minimum Gasteiger partial charge on any atom is -0.493 e. The summed E-state index contributed by atoms with van der Waals surface area (Å²) in [6, 6.07) is 17.3. The van der Waals surface area contributed by atoms with Gasteiger partial charge in [0.1, 0.15) is 5.75 Å². The fraction of sp³-hybridized carbons (Fsp3) is 0.300. The van der Waals surface area contributed by atoms with Crippen LogP contribution in [-0.2, 0) is 9.47 Å². The van der Waals surface area contributed by atoms with E-state index in [2.05, 4.69) is 10.2 Å². The summed E-state index contributed by atoms with van der Waals surface area (Å²) in [4.78, 5) is 0. The van der Waals surface area contributed by atoms with Gasteiger partial charge in [-0.1, -0.05) is 18.2 Å². The molecule has 0 spiro atoms. The summed E-state index contributed by atoms with van der Waals surface area (Å²) in [5.74, 6) is 1.78. The molecule has 0 unspecified atom stereocenters. The smallest absolute Gasteiger partial charge is 0.248 e. The number of nitrogens with zero attached hydrogens (tertiary/aromatic N) is 2. The number of rotatable bonds is 6. The highest BCUT2D eigenvalue weighted by Gasteiger charge is 2.14. The molecule has 1 aliphatic rings. The summed E-state index contributed by atoms with van der Waals surface area (Å²) >= 11 is 0. The quantitative estimate of drug-likeness (QED) is 0.669. The maximum Gasteiger partial charge on any atom is 0.248 e. The molecule has 0 atom stereocenters. The first-order valence-electron chi connectivity index (χ1n) is 8.74. The normalized spacial score (nSPS) is 15.1. The van der Waals surface area contributed by atoms with Crippen molar-refractivity contribution in [1.29, 1.82) is 0 Å². The van der Waals surface area contributed by atoms with Crippen molar-refractivity contribution in [3.63, 3.8) is 0 Å². The van der Waals surface area contributed by atoms with Gasteiger partial charge < -0.3 is 18.6 Å². The van der Waals surface area contributed by atoms with Crippen LogP contribution in [0.25, 0.3) is 22.9 Å². The number of hydrogen-bond acceptors (Lipinski definition) is 6. The molecule has 1 aromatic heterocycles. The Balaban J connectivity index is 1.35. The highest BCUT2D eigenvalue weighted by molar-refractivity contribution is 5.58. The first-order valence-corrected chi connectivity index (χ1v) is 8.74. The van der Waals surface area contributed by atoms with Gasteiger partial charge in [-0.15, -0.1) is 10.2 Å². The van der Waals surface area contributed by atoms with E-state index in [1.54, 1.807) is 0 Å². The highest BCUT2D eigenvalue weighted by Crippen LogP contribution is 2.25. The Morgan fingerprint density at radius 1 is 0.846 bits per heavy atom. The second kappa shape index (κ2) is 8.12. The Bertz CT molecular complexity index is 811. The molecule has 1 saturated heterocycles. The monoisotopic (exact) mass is 352 g/mol. The molecule has 2 aromatic carbocycles. The van der Waals surface area contributed by atoms with Crippen molar-refractivity contribution in [3.05, 3.63) is 54.6 Å². The molecule has 0 saturated carbocycles. The largest absolute Gasteiger partial charge is 0.493 e. The predicted octanol–water partition coefficient (Wildman–Crippen LogP) is 3.94. The molecule has 6 heteroatoms. The van der Waals surface area contributed by atoms with Crippen LogP contribution in [0.1, 0.15) is 12.8 Å². The number of benzene rings is 2. The van der Waals surface area contributed by atoms with Crippen LogP contribution in [0.15, 0.2) is 59.0 Å². The van der Waals surface area contributed by atoms with Crippen LogP contribution in [0.4, 0.5) is 0 Å². The second-order valence-corrected chi connectivity index (χ2v) is 5.96. The van der Waals surface area contributed by atoms with E-state index in [9.17, 15) is 0 Å². The summed E-state index contributed by atoms with van der Waals surface area (Å²) in [6.45, 7) is 2.06. The van der Waals surface area contributed by atoms with Crippen molar-refractivity contribution in [2.24, 2.45) is 0 Å². The summed E-state index contributed by atoms with van der Waals surface area (Å²) in [5, 5.41) is 8.24. The first kappa shape index (κ1) is 16.8. The van der Waals surface area contributed by atoms with Crippen LogP contribution in [-0.4, -0.2) is 36.3 Å². The fourth-order valence-corrected chi connectivity index (χ4v) is 2.71. The molecule has 1 aliphatic heterocycles. The van der Waals surface area contributed by atoms with Crippen molar-refractivity contribution in [2.45, 2.75) is 19.1 Å². The maximum absolute atomic E-state index is 5.76. The molecule has 6 nitrogen and oxygen atoms in total. The minimum atomic E-state index is -0.155. The van der Waals surface area contributed by atoms with E-state index >= 15 is 0 Å². The zero-order valence-electron chi connectivity index (χ0n) is 14.3. The van der Waals surface area contributed by atoms with Gasteiger partial charge in [-0.2, -0.15) is 0 Å². The van der Waals surface area contributed by atoms with Gasteiger partial charge in [0.05, 0.1) is 19.8 Å². The molecular formula is C20H20N2O4. The molecule has 26 heavy (non-hydrogen) atoms. The van der Waals surface area contributed by atoms with Crippen LogP contribution in [0.3, 0.4) is 0 Å². The zero-order valence-corrected chi connectivity index (χ0v) is 14.3. The van der Waals surface area contributed by atoms with Crippen LogP contribution < -0.4 is 4.74 Å². The first-order chi connectivity index (χ1) is 12.9. The van der Waals surface area contributed by atoms with Crippen LogP contribution in [0.2, 0.25) is 0 Å². The van der Waals surface area contributed by atoms with E-state index in [0.29, 0.717) is 24.8 Å².